The second-order valence-corrected chi connectivity index (χ2v) is 3.94. The lowest BCUT2D eigenvalue weighted by atomic mass is 10.2. The number of anilines is 2. The highest BCUT2D eigenvalue weighted by molar-refractivity contribution is 5.88. The quantitative estimate of drug-likeness (QED) is 0.772. The topological polar surface area (TPSA) is 82.2 Å². The molecule has 0 aliphatic carbocycles. The summed E-state index contributed by atoms with van der Waals surface area (Å²) in [5.41, 5.74) is 1.39. The van der Waals surface area contributed by atoms with Gasteiger partial charge in [0.25, 0.3) is 0 Å². The molecule has 0 aliphatic heterocycles. The summed E-state index contributed by atoms with van der Waals surface area (Å²) in [6, 6.07) is 9.96. The summed E-state index contributed by atoms with van der Waals surface area (Å²) < 4.78 is 0. The molecule has 92 valence electrons. The first-order chi connectivity index (χ1) is 8.54. The number of aromatic carboxylic acids is 1. The van der Waals surface area contributed by atoms with Gasteiger partial charge in [0.1, 0.15) is 5.82 Å². The molecule has 1 aromatic carbocycles. The Morgan fingerprint density at radius 1 is 1.22 bits per heavy atom. The Hall–Kier alpha value is -2.56. The lowest BCUT2D eigenvalue weighted by Crippen LogP contribution is -2.11. The van der Waals surface area contributed by atoms with Gasteiger partial charge in [-0.25, -0.2) is 4.79 Å². The molecule has 0 unspecified atom stereocenters. The van der Waals surface area contributed by atoms with Crippen LogP contribution >= 0.6 is 0 Å². The molecular formula is C13H12N2O3. The van der Waals surface area contributed by atoms with Crippen LogP contribution in [0.3, 0.4) is 0 Å². The molecule has 1 aromatic heterocycles. The zero-order valence-corrected chi connectivity index (χ0v) is 9.73. The second kappa shape index (κ2) is 4.75. The number of carboxylic acid groups (broad SMARTS) is 1. The van der Waals surface area contributed by atoms with Crippen LogP contribution in [0, 0.1) is 6.92 Å². The minimum atomic E-state index is -1.13. The number of nitrogens with one attached hydrogen (secondary N) is 2. The Bertz CT molecular complexity index is 629. The largest absolute Gasteiger partial charge is 0.478 e. The van der Waals surface area contributed by atoms with Crippen molar-refractivity contribution in [1.29, 1.82) is 0 Å². The van der Waals surface area contributed by atoms with Gasteiger partial charge in [0, 0.05) is 11.8 Å². The van der Waals surface area contributed by atoms with Crippen molar-refractivity contribution in [2.24, 2.45) is 0 Å². The molecule has 0 saturated heterocycles. The Balaban J connectivity index is 2.31. The van der Waals surface area contributed by atoms with E-state index in [2.05, 4.69) is 10.3 Å². The van der Waals surface area contributed by atoms with Gasteiger partial charge < -0.3 is 15.4 Å². The smallest absolute Gasteiger partial charge is 0.336 e. The van der Waals surface area contributed by atoms with Gasteiger partial charge in [-0.3, -0.25) is 4.79 Å². The zero-order chi connectivity index (χ0) is 13.1. The number of hydrogen-bond donors (Lipinski definition) is 3. The van der Waals surface area contributed by atoms with Gasteiger partial charge in [-0.15, -0.1) is 0 Å². The number of H-pyrrole nitrogens is 1. The molecule has 0 aliphatic rings. The van der Waals surface area contributed by atoms with E-state index >= 15 is 0 Å². The summed E-state index contributed by atoms with van der Waals surface area (Å²) in [5.74, 6) is -0.781. The standard InChI is InChI=1S/C13H12N2O3/c1-8-2-4-10(5-3-8)14-11-6-9(13(17)18)7-12(16)15-11/h2-7H,1H3,(H,17,18)(H2,14,15,16). The Morgan fingerprint density at radius 3 is 2.50 bits per heavy atom. The van der Waals surface area contributed by atoms with Crippen molar-refractivity contribution in [1.82, 2.24) is 4.98 Å². The number of pyridine rings is 1. The lowest BCUT2D eigenvalue weighted by Gasteiger charge is -2.07. The number of aromatic nitrogens is 1. The van der Waals surface area contributed by atoms with Crippen LogP contribution in [0.15, 0.2) is 41.2 Å². The van der Waals surface area contributed by atoms with Crippen molar-refractivity contribution in [3.8, 4) is 0 Å². The maximum Gasteiger partial charge on any atom is 0.336 e. The van der Waals surface area contributed by atoms with E-state index in [4.69, 9.17) is 5.11 Å². The van der Waals surface area contributed by atoms with E-state index in [1.54, 1.807) is 0 Å². The van der Waals surface area contributed by atoms with E-state index in [1.165, 1.54) is 6.07 Å². The fraction of sp³-hybridized carbons (Fsp3) is 0.0769. The third kappa shape index (κ3) is 2.76. The monoisotopic (exact) mass is 244 g/mol. The lowest BCUT2D eigenvalue weighted by molar-refractivity contribution is 0.0696. The minimum absolute atomic E-state index is 0.0478. The third-order valence-corrected chi connectivity index (χ3v) is 2.42. The van der Waals surface area contributed by atoms with E-state index in [0.29, 0.717) is 5.82 Å². The van der Waals surface area contributed by atoms with Gasteiger partial charge in [-0.05, 0) is 25.1 Å². The van der Waals surface area contributed by atoms with Crippen molar-refractivity contribution in [3.05, 3.63) is 57.9 Å². The van der Waals surface area contributed by atoms with Gasteiger partial charge >= 0.3 is 5.97 Å². The van der Waals surface area contributed by atoms with Crippen molar-refractivity contribution < 1.29 is 9.90 Å². The average Bonchev–Trinajstić information content (AvgIpc) is 2.31. The molecule has 1 heterocycles. The second-order valence-electron chi connectivity index (χ2n) is 3.94. The molecule has 3 N–H and O–H groups in total. The van der Waals surface area contributed by atoms with E-state index in [-0.39, 0.29) is 5.56 Å². The van der Waals surface area contributed by atoms with Crippen LogP contribution in [0.5, 0.6) is 0 Å². The van der Waals surface area contributed by atoms with Gasteiger partial charge in [0.05, 0.1) is 5.56 Å². The third-order valence-electron chi connectivity index (χ3n) is 2.42. The fourth-order valence-corrected chi connectivity index (χ4v) is 1.53. The average molecular weight is 244 g/mol. The predicted octanol–water partition coefficient (Wildman–Crippen LogP) is 2.13. The maximum atomic E-state index is 11.3. The van der Waals surface area contributed by atoms with E-state index in [1.807, 2.05) is 31.2 Å². The van der Waals surface area contributed by atoms with Gasteiger partial charge in [-0.2, -0.15) is 0 Å². The van der Waals surface area contributed by atoms with Crippen LogP contribution in [-0.2, 0) is 0 Å². The van der Waals surface area contributed by atoms with Crippen molar-refractivity contribution >= 4 is 17.5 Å². The first-order valence-corrected chi connectivity index (χ1v) is 5.36. The van der Waals surface area contributed by atoms with Crippen LogP contribution in [0.2, 0.25) is 0 Å². The summed E-state index contributed by atoms with van der Waals surface area (Å²) in [5, 5.41) is 11.8. The molecule has 5 heteroatoms. The number of aryl methyl sites for hydroxylation is 1. The van der Waals surface area contributed by atoms with Crippen LogP contribution < -0.4 is 10.9 Å². The molecular weight excluding hydrogens is 232 g/mol. The maximum absolute atomic E-state index is 11.3. The molecule has 0 atom stereocenters. The van der Waals surface area contributed by atoms with Crippen LogP contribution in [0.1, 0.15) is 15.9 Å². The number of carboxylic acids is 1. The van der Waals surface area contributed by atoms with Crippen LogP contribution in [0.4, 0.5) is 11.5 Å². The van der Waals surface area contributed by atoms with Crippen LogP contribution in [0.25, 0.3) is 0 Å². The molecule has 0 saturated carbocycles. The molecule has 0 spiro atoms. The van der Waals surface area contributed by atoms with Gasteiger partial charge in [-0.1, -0.05) is 17.7 Å². The Labute approximate surface area is 103 Å². The molecule has 0 fully saturated rings. The highest BCUT2D eigenvalue weighted by Gasteiger charge is 2.06. The normalized spacial score (nSPS) is 10.1. The van der Waals surface area contributed by atoms with Crippen molar-refractivity contribution in [2.75, 3.05) is 5.32 Å². The highest BCUT2D eigenvalue weighted by atomic mass is 16.4. The Morgan fingerprint density at radius 2 is 1.89 bits per heavy atom. The predicted molar refractivity (Wildman–Crippen MR) is 68.5 cm³/mol. The Kier molecular flexibility index (Phi) is 3.14. The number of benzene rings is 1. The SMILES string of the molecule is Cc1ccc(Nc2cc(C(=O)O)cc(=O)[nH]2)cc1. The zero-order valence-electron chi connectivity index (χ0n) is 9.73. The molecule has 5 nitrogen and oxygen atoms in total. The first kappa shape index (κ1) is 11.9. The van der Waals surface area contributed by atoms with E-state index in [0.717, 1.165) is 17.3 Å². The van der Waals surface area contributed by atoms with E-state index < -0.39 is 11.5 Å². The molecule has 2 aromatic rings. The van der Waals surface area contributed by atoms with Gasteiger partial charge in [0.15, 0.2) is 0 Å². The molecule has 0 amide bonds. The summed E-state index contributed by atoms with van der Waals surface area (Å²) in [6.07, 6.45) is 0. The number of carbonyl (C=O) groups is 1. The highest BCUT2D eigenvalue weighted by Crippen LogP contribution is 2.14. The summed E-state index contributed by atoms with van der Waals surface area (Å²) in [4.78, 5) is 24.7. The summed E-state index contributed by atoms with van der Waals surface area (Å²) >= 11 is 0. The first-order valence-electron chi connectivity index (χ1n) is 5.36. The van der Waals surface area contributed by atoms with Crippen LogP contribution in [-0.4, -0.2) is 16.1 Å². The minimum Gasteiger partial charge on any atom is -0.478 e. The van der Waals surface area contributed by atoms with Crippen molar-refractivity contribution in [2.45, 2.75) is 6.92 Å². The number of hydrogen-bond acceptors (Lipinski definition) is 3. The van der Waals surface area contributed by atoms with Gasteiger partial charge in [0.2, 0.25) is 5.56 Å². The summed E-state index contributed by atoms with van der Waals surface area (Å²) in [6.45, 7) is 1.97. The molecule has 18 heavy (non-hydrogen) atoms. The molecule has 0 radical (unpaired) electrons. The van der Waals surface area contributed by atoms with E-state index in [9.17, 15) is 9.59 Å². The van der Waals surface area contributed by atoms with Crippen molar-refractivity contribution in [3.63, 3.8) is 0 Å². The molecule has 2 rings (SSSR count). The molecule has 0 bridgehead atoms. The summed E-state index contributed by atoms with van der Waals surface area (Å²) in [7, 11) is 0. The fourth-order valence-electron chi connectivity index (χ4n) is 1.53. The number of rotatable bonds is 3. The number of aromatic amines is 1.